The van der Waals surface area contributed by atoms with Crippen molar-refractivity contribution in [1.82, 2.24) is 0 Å². The van der Waals surface area contributed by atoms with Gasteiger partial charge in [0, 0.05) is 12.8 Å². The molecule has 1 unspecified atom stereocenters. The van der Waals surface area contributed by atoms with Crippen molar-refractivity contribution in [2.24, 2.45) is 0 Å². The molecule has 0 rings (SSSR count). The van der Waals surface area contributed by atoms with Gasteiger partial charge in [-0.3, -0.25) is 9.59 Å². The Labute approximate surface area is 282 Å². The van der Waals surface area contributed by atoms with Crippen LogP contribution in [0.15, 0.2) is 0 Å². The first-order valence-corrected chi connectivity index (χ1v) is 20.5. The van der Waals surface area contributed by atoms with E-state index >= 15 is 0 Å². The molecular weight excluding hydrogens is 556 g/mol. The maximum Gasteiger partial charge on any atom is 0.306 e. The average molecular weight is 637 g/mol. The zero-order valence-electron chi connectivity index (χ0n) is 30.7. The van der Waals surface area contributed by atoms with Gasteiger partial charge in [-0.2, -0.15) is 0 Å². The van der Waals surface area contributed by atoms with Crippen molar-refractivity contribution in [1.29, 1.82) is 0 Å². The summed E-state index contributed by atoms with van der Waals surface area (Å²) in [6.45, 7) is 4.56. The highest BCUT2D eigenvalue weighted by Gasteiger charge is 2.14. The van der Waals surface area contributed by atoms with Crippen LogP contribution in [0.1, 0.15) is 245 Å². The zero-order valence-corrected chi connectivity index (χ0v) is 30.7. The molecular formula is C41H80O4. The minimum absolute atomic E-state index is 0.0199. The zero-order chi connectivity index (χ0) is 32.9. The van der Waals surface area contributed by atoms with Crippen molar-refractivity contribution >= 4 is 11.9 Å². The lowest BCUT2D eigenvalue weighted by Crippen LogP contribution is -2.18. The molecule has 0 amide bonds. The molecule has 0 aromatic heterocycles. The Hall–Kier alpha value is -1.06. The van der Waals surface area contributed by atoms with Crippen LogP contribution in [0.2, 0.25) is 0 Å². The molecule has 0 fully saturated rings. The fourth-order valence-electron chi connectivity index (χ4n) is 6.54. The molecule has 1 atom stereocenters. The minimum atomic E-state index is -0.688. The van der Waals surface area contributed by atoms with Gasteiger partial charge in [-0.1, -0.05) is 194 Å². The lowest BCUT2D eigenvalue weighted by atomic mass is 10.0. The maximum atomic E-state index is 12.7. The molecule has 45 heavy (non-hydrogen) atoms. The van der Waals surface area contributed by atoms with Crippen molar-refractivity contribution in [2.75, 3.05) is 0 Å². The molecule has 4 heteroatoms. The molecule has 0 spiro atoms. The lowest BCUT2D eigenvalue weighted by Gasteiger charge is -2.18. The van der Waals surface area contributed by atoms with Crippen molar-refractivity contribution in [2.45, 2.75) is 251 Å². The molecule has 268 valence electrons. The number of carbonyl (C=O) groups is 2. The second-order valence-corrected chi connectivity index (χ2v) is 14.2. The van der Waals surface area contributed by atoms with Gasteiger partial charge < -0.3 is 9.84 Å². The number of hydrogen-bond donors (Lipinski definition) is 1. The number of hydrogen-bond acceptors (Lipinski definition) is 3. The summed E-state index contributed by atoms with van der Waals surface area (Å²) in [5, 5.41) is 8.79. The summed E-state index contributed by atoms with van der Waals surface area (Å²) in [5.74, 6) is -0.668. The number of ether oxygens (including phenoxy) is 1. The molecule has 0 bridgehead atoms. The van der Waals surface area contributed by atoms with Gasteiger partial charge in [0.1, 0.15) is 6.10 Å². The lowest BCUT2D eigenvalue weighted by molar-refractivity contribution is -0.150. The molecule has 0 aliphatic heterocycles. The first kappa shape index (κ1) is 43.9. The molecule has 1 N–H and O–H groups in total. The summed E-state index contributed by atoms with van der Waals surface area (Å²) >= 11 is 0. The number of esters is 1. The van der Waals surface area contributed by atoms with E-state index in [4.69, 9.17) is 9.84 Å². The fourth-order valence-corrected chi connectivity index (χ4v) is 6.54. The number of carbonyl (C=O) groups excluding carboxylic acids is 1. The molecule has 4 nitrogen and oxygen atoms in total. The Bertz CT molecular complexity index is 604. The Balaban J connectivity index is 4.01. The Morgan fingerprint density at radius 3 is 0.978 bits per heavy atom. The maximum absolute atomic E-state index is 12.7. The molecule has 0 saturated heterocycles. The molecule has 0 radical (unpaired) electrons. The quantitative estimate of drug-likeness (QED) is 0.0541. The summed E-state index contributed by atoms with van der Waals surface area (Å²) in [4.78, 5) is 23.4. The number of carboxylic acids is 1. The SMILES string of the molecule is CCCCCCCCCCCCCCCCC(=O)OC(CCCCCCCCCCCCCC)CCCCCCCCC(=O)O. The molecule has 0 aromatic rings. The fraction of sp³-hybridized carbons (Fsp3) is 0.951. The summed E-state index contributed by atoms with van der Waals surface area (Å²) in [6.07, 6.45) is 44.1. The standard InChI is InChI=1S/C41H80O4/c1-3-5-7-9-11-13-15-17-18-20-22-24-30-34-38-41(44)45-39(36-32-28-25-26-29-33-37-40(42)43)35-31-27-23-21-19-16-14-12-10-8-6-4-2/h39H,3-38H2,1-2H3,(H,42,43). The Morgan fingerprint density at radius 2 is 0.667 bits per heavy atom. The molecule has 0 aliphatic carbocycles. The predicted molar refractivity (Wildman–Crippen MR) is 195 cm³/mol. The van der Waals surface area contributed by atoms with Crippen LogP contribution in [-0.2, 0) is 14.3 Å². The summed E-state index contributed by atoms with van der Waals surface area (Å²) < 4.78 is 6.03. The van der Waals surface area contributed by atoms with Gasteiger partial charge in [0.25, 0.3) is 0 Å². The van der Waals surface area contributed by atoms with Gasteiger partial charge in [-0.25, -0.2) is 0 Å². The number of rotatable bonds is 38. The average Bonchev–Trinajstić information content (AvgIpc) is 3.02. The highest BCUT2D eigenvalue weighted by Crippen LogP contribution is 2.19. The predicted octanol–water partition coefficient (Wildman–Crippen LogP) is 14.1. The van der Waals surface area contributed by atoms with E-state index in [-0.39, 0.29) is 18.5 Å². The number of aliphatic carboxylic acids is 1. The second-order valence-electron chi connectivity index (χ2n) is 14.2. The van der Waals surface area contributed by atoms with Crippen LogP contribution in [0, 0.1) is 0 Å². The first-order valence-electron chi connectivity index (χ1n) is 20.5. The second kappa shape index (κ2) is 37.4. The monoisotopic (exact) mass is 637 g/mol. The van der Waals surface area contributed by atoms with Crippen LogP contribution in [-0.4, -0.2) is 23.1 Å². The third kappa shape index (κ3) is 37.3. The summed E-state index contributed by atoms with van der Waals surface area (Å²) in [7, 11) is 0. The van der Waals surface area contributed by atoms with Gasteiger partial charge in [-0.05, 0) is 38.5 Å². The molecule has 0 aromatic carbocycles. The smallest absolute Gasteiger partial charge is 0.306 e. The minimum Gasteiger partial charge on any atom is -0.481 e. The topological polar surface area (TPSA) is 63.6 Å². The van der Waals surface area contributed by atoms with Crippen molar-refractivity contribution in [3.05, 3.63) is 0 Å². The van der Waals surface area contributed by atoms with Crippen molar-refractivity contribution in [3.63, 3.8) is 0 Å². The van der Waals surface area contributed by atoms with Crippen LogP contribution in [0.25, 0.3) is 0 Å². The van der Waals surface area contributed by atoms with E-state index in [1.54, 1.807) is 0 Å². The first-order chi connectivity index (χ1) is 22.1. The van der Waals surface area contributed by atoms with Crippen molar-refractivity contribution in [3.8, 4) is 0 Å². The molecule has 0 saturated carbocycles. The normalized spacial score (nSPS) is 12.0. The number of carboxylic acid groups (broad SMARTS) is 1. The van der Waals surface area contributed by atoms with Gasteiger partial charge in [-0.15, -0.1) is 0 Å². The third-order valence-electron chi connectivity index (χ3n) is 9.58. The van der Waals surface area contributed by atoms with Gasteiger partial charge in [0.05, 0.1) is 0 Å². The van der Waals surface area contributed by atoms with E-state index < -0.39 is 5.97 Å². The highest BCUT2D eigenvalue weighted by atomic mass is 16.5. The Morgan fingerprint density at radius 1 is 0.400 bits per heavy atom. The van der Waals surface area contributed by atoms with Crippen LogP contribution in [0.5, 0.6) is 0 Å². The van der Waals surface area contributed by atoms with Gasteiger partial charge >= 0.3 is 11.9 Å². The van der Waals surface area contributed by atoms with Crippen LogP contribution in [0.3, 0.4) is 0 Å². The van der Waals surface area contributed by atoms with Crippen molar-refractivity contribution < 1.29 is 19.4 Å². The van der Waals surface area contributed by atoms with Crippen LogP contribution >= 0.6 is 0 Å². The van der Waals surface area contributed by atoms with E-state index in [2.05, 4.69) is 13.8 Å². The van der Waals surface area contributed by atoms with E-state index in [0.717, 1.165) is 64.2 Å². The molecule has 0 heterocycles. The highest BCUT2D eigenvalue weighted by molar-refractivity contribution is 5.69. The van der Waals surface area contributed by atoms with Gasteiger partial charge in [0.2, 0.25) is 0 Å². The van der Waals surface area contributed by atoms with E-state index in [0.29, 0.717) is 6.42 Å². The van der Waals surface area contributed by atoms with Crippen LogP contribution < -0.4 is 0 Å². The largest absolute Gasteiger partial charge is 0.481 e. The van der Waals surface area contributed by atoms with Gasteiger partial charge in [0.15, 0.2) is 0 Å². The Kier molecular flexibility index (Phi) is 36.5. The summed E-state index contributed by atoms with van der Waals surface area (Å²) in [5.41, 5.74) is 0. The number of unbranched alkanes of at least 4 members (excludes halogenated alkanes) is 29. The summed E-state index contributed by atoms with van der Waals surface area (Å²) in [6, 6.07) is 0. The molecule has 0 aliphatic rings. The third-order valence-corrected chi connectivity index (χ3v) is 9.58. The van der Waals surface area contributed by atoms with E-state index in [1.165, 1.54) is 154 Å². The van der Waals surface area contributed by atoms with Crippen LogP contribution in [0.4, 0.5) is 0 Å². The van der Waals surface area contributed by atoms with E-state index in [9.17, 15) is 9.59 Å². The van der Waals surface area contributed by atoms with E-state index in [1.807, 2.05) is 0 Å².